The van der Waals surface area contributed by atoms with Crippen molar-refractivity contribution in [3.05, 3.63) is 11.8 Å². The first-order valence-electron chi connectivity index (χ1n) is 4.56. The maximum Gasteiger partial charge on any atom is 0.221 e. The zero-order chi connectivity index (χ0) is 10.3. The van der Waals surface area contributed by atoms with Crippen LogP contribution in [0.15, 0.2) is 4.42 Å². The molecule has 77 valence electrons. The van der Waals surface area contributed by atoms with Gasteiger partial charge in [0.25, 0.3) is 0 Å². The van der Waals surface area contributed by atoms with Gasteiger partial charge < -0.3 is 4.42 Å². The minimum atomic E-state index is -0.0590. The van der Waals surface area contributed by atoms with E-state index in [9.17, 15) is 0 Å². The average Bonchev–Trinajstić information content (AvgIpc) is 2.28. The van der Waals surface area contributed by atoms with Crippen molar-refractivity contribution < 1.29 is 4.42 Å². The van der Waals surface area contributed by atoms with Crippen LogP contribution in [0, 0.1) is 0 Å². The van der Waals surface area contributed by atoms with Crippen molar-refractivity contribution in [2.75, 3.05) is 0 Å². The van der Waals surface area contributed by atoms with Gasteiger partial charge in [0.15, 0.2) is 0 Å². The van der Waals surface area contributed by atoms with Crippen LogP contribution in [0.1, 0.15) is 53.3 Å². The lowest BCUT2D eigenvalue weighted by Gasteiger charge is -2.14. The summed E-state index contributed by atoms with van der Waals surface area (Å²) in [5.74, 6) is 1.41. The molecule has 0 saturated heterocycles. The van der Waals surface area contributed by atoms with Crippen LogP contribution in [-0.2, 0) is 10.8 Å². The highest BCUT2D eigenvalue weighted by molar-refractivity contribution is 5.75. The molecule has 4 heteroatoms. The molecular formula is C10H18BN2O. The summed E-state index contributed by atoms with van der Waals surface area (Å²) in [6, 6.07) is 0. The second-order valence-corrected chi connectivity index (χ2v) is 5.41. The van der Waals surface area contributed by atoms with Gasteiger partial charge in [0.2, 0.25) is 11.8 Å². The van der Waals surface area contributed by atoms with E-state index in [4.69, 9.17) is 4.42 Å². The first-order chi connectivity index (χ1) is 5.71. The third-order valence-corrected chi connectivity index (χ3v) is 1.71. The molecule has 1 aromatic rings. The zero-order valence-corrected chi connectivity index (χ0v) is 9.88. The van der Waals surface area contributed by atoms with Gasteiger partial charge in [-0.3, -0.25) is 0 Å². The summed E-state index contributed by atoms with van der Waals surface area (Å²) in [6.07, 6.45) is 0. The van der Waals surface area contributed by atoms with Crippen molar-refractivity contribution in [2.45, 2.75) is 52.4 Å². The second-order valence-electron chi connectivity index (χ2n) is 5.41. The van der Waals surface area contributed by atoms with E-state index in [1.165, 1.54) is 0 Å². The molecule has 1 rings (SSSR count). The molecule has 1 aromatic heterocycles. The van der Waals surface area contributed by atoms with Gasteiger partial charge in [-0.25, -0.2) is 0 Å². The SMILES string of the molecule is CC(C)(C)c1nnc(C(C)(C)C)o1.[B]. The molecular weight excluding hydrogens is 175 g/mol. The monoisotopic (exact) mass is 193 g/mol. The Labute approximate surface area is 87.9 Å². The quantitative estimate of drug-likeness (QED) is 0.593. The zero-order valence-electron chi connectivity index (χ0n) is 9.88. The van der Waals surface area contributed by atoms with E-state index in [0.717, 1.165) is 0 Å². The predicted octanol–water partition coefficient (Wildman–Crippen LogP) is 2.28. The fourth-order valence-electron chi connectivity index (χ4n) is 0.829. The van der Waals surface area contributed by atoms with Gasteiger partial charge in [-0.05, 0) is 0 Å². The van der Waals surface area contributed by atoms with E-state index in [0.29, 0.717) is 11.8 Å². The van der Waals surface area contributed by atoms with Crippen LogP contribution in [0.3, 0.4) is 0 Å². The van der Waals surface area contributed by atoms with Crippen molar-refractivity contribution in [1.29, 1.82) is 0 Å². The Kier molecular flexibility index (Phi) is 3.54. The highest BCUT2D eigenvalue weighted by Gasteiger charge is 2.26. The van der Waals surface area contributed by atoms with E-state index in [2.05, 4.69) is 51.7 Å². The van der Waals surface area contributed by atoms with Crippen LogP contribution in [0.5, 0.6) is 0 Å². The summed E-state index contributed by atoms with van der Waals surface area (Å²) >= 11 is 0. The van der Waals surface area contributed by atoms with Gasteiger partial charge in [-0.15, -0.1) is 10.2 Å². The summed E-state index contributed by atoms with van der Waals surface area (Å²) in [4.78, 5) is 0. The Balaban J connectivity index is 0.00000169. The molecule has 0 aromatic carbocycles. The molecule has 0 bridgehead atoms. The van der Waals surface area contributed by atoms with Crippen LogP contribution in [-0.4, -0.2) is 18.6 Å². The highest BCUT2D eigenvalue weighted by atomic mass is 16.4. The largest absolute Gasteiger partial charge is 0.424 e. The molecule has 3 radical (unpaired) electrons. The lowest BCUT2D eigenvalue weighted by molar-refractivity contribution is 0.331. The minimum absolute atomic E-state index is 0. The minimum Gasteiger partial charge on any atom is -0.424 e. The standard InChI is InChI=1S/C10H18N2O.B/c1-9(2,3)7-11-12-8(13-7)10(4,5)6;/h1-6H3;. The molecule has 0 fully saturated rings. The van der Waals surface area contributed by atoms with Gasteiger partial charge in [-0.1, -0.05) is 41.5 Å². The van der Waals surface area contributed by atoms with E-state index < -0.39 is 0 Å². The van der Waals surface area contributed by atoms with Gasteiger partial charge in [0.1, 0.15) is 0 Å². The molecule has 0 saturated carbocycles. The van der Waals surface area contributed by atoms with Gasteiger partial charge in [0.05, 0.1) is 0 Å². The number of hydrogen-bond acceptors (Lipinski definition) is 3. The summed E-state index contributed by atoms with van der Waals surface area (Å²) in [5, 5.41) is 8.07. The third kappa shape index (κ3) is 2.86. The number of hydrogen-bond donors (Lipinski definition) is 0. The van der Waals surface area contributed by atoms with Crippen molar-refractivity contribution in [2.24, 2.45) is 0 Å². The summed E-state index contributed by atoms with van der Waals surface area (Å²) in [6.45, 7) is 12.4. The molecule has 1 heterocycles. The number of nitrogens with zero attached hydrogens (tertiary/aromatic N) is 2. The Bertz CT molecular complexity index is 265. The van der Waals surface area contributed by atoms with Crippen molar-refractivity contribution in [1.82, 2.24) is 10.2 Å². The Morgan fingerprint density at radius 1 is 0.786 bits per heavy atom. The molecule has 0 unspecified atom stereocenters. The molecule has 14 heavy (non-hydrogen) atoms. The van der Waals surface area contributed by atoms with E-state index in [1.54, 1.807) is 0 Å². The van der Waals surface area contributed by atoms with Crippen LogP contribution in [0.4, 0.5) is 0 Å². The first-order valence-corrected chi connectivity index (χ1v) is 4.56. The van der Waals surface area contributed by atoms with Crippen molar-refractivity contribution in [3.63, 3.8) is 0 Å². The maximum atomic E-state index is 5.59. The first kappa shape index (κ1) is 13.2. The van der Waals surface area contributed by atoms with E-state index >= 15 is 0 Å². The Hall–Kier alpha value is -0.795. The molecule has 0 atom stereocenters. The molecule has 0 aliphatic carbocycles. The molecule has 0 spiro atoms. The average molecular weight is 193 g/mol. The van der Waals surface area contributed by atoms with Gasteiger partial charge in [0, 0.05) is 19.2 Å². The summed E-state index contributed by atoms with van der Waals surface area (Å²) in [5.41, 5.74) is -0.118. The molecule has 3 nitrogen and oxygen atoms in total. The molecule has 0 aliphatic rings. The molecule has 0 aliphatic heterocycles. The normalized spacial score (nSPS) is 12.4. The fourth-order valence-corrected chi connectivity index (χ4v) is 0.829. The smallest absolute Gasteiger partial charge is 0.221 e. The maximum absolute atomic E-state index is 5.59. The van der Waals surface area contributed by atoms with Crippen molar-refractivity contribution >= 4 is 8.41 Å². The van der Waals surface area contributed by atoms with Crippen LogP contribution < -0.4 is 0 Å². The van der Waals surface area contributed by atoms with Crippen LogP contribution >= 0.6 is 0 Å². The van der Waals surface area contributed by atoms with Crippen LogP contribution in [0.25, 0.3) is 0 Å². The molecule has 0 amide bonds. The summed E-state index contributed by atoms with van der Waals surface area (Å²) < 4.78 is 5.59. The number of rotatable bonds is 0. The lowest BCUT2D eigenvalue weighted by Crippen LogP contribution is -2.12. The Morgan fingerprint density at radius 2 is 1.07 bits per heavy atom. The third-order valence-electron chi connectivity index (χ3n) is 1.71. The highest BCUT2D eigenvalue weighted by Crippen LogP contribution is 2.25. The fraction of sp³-hybridized carbons (Fsp3) is 0.800. The molecule has 0 N–H and O–H groups in total. The predicted molar refractivity (Wildman–Crippen MR) is 57.5 cm³/mol. The number of aromatic nitrogens is 2. The van der Waals surface area contributed by atoms with Gasteiger partial charge >= 0.3 is 0 Å². The second kappa shape index (κ2) is 3.75. The van der Waals surface area contributed by atoms with E-state index in [-0.39, 0.29) is 19.2 Å². The van der Waals surface area contributed by atoms with Crippen molar-refractivity contribution in [3.8, 4) is 0 Å². The summed E-state index contributed by atoms with van der Waals surface area (Å²) in [7, 11) is 0. The Morgan fingerprint density at radius 3 is 1.21 bits per heavy atom. The van der Waals surface area contributed by atoms with Crippen LogP contribution in [0.2, 0.25) is 0 Å². The lowest BCUT2D eigenvalue weighted by atomic mass is 9.96. The van der Waals surface area contributed by atoms with Gasteiger partial charge in [-0.2, -0.15) is 0 Å². The topological polar surface area (TPSA) is 38.9 Å². The van der Waals surface area contributed by atoms with E-state index in [1.807, 2.05) is 0 Å².